The molecule has 2 N–H and O–H groups in total. The third-order valence-electron chi connectivity index (χ3n) is 8.93. The van der Waals surface area contributed by atoms with Crippen molar-refractivity contribution in [1.29, 1.82) is 0 Å². The number of nitrogens with one attached hydrogen (secondary N) is 2. The van der Waals surface area contributed by atoms with E-state index in [1.807, 2.05) is 0 Å². The zero-order valence-corrected chi connectivity index (χ0v) is 27.3. The van der Waals surface area contributed by atoms with Gasteiger partial charge in [0.2, 0.25) is 12.4 Å². The number of anilines is 2. The summed E-state index contributed by atoms with van der Waals surface area (Å²) in [7, 11) is -8.37. The van der Waals surface area contributed by atoms with Crippen molar-refractivity contribution < 1.29 is 47.6 Å². The lowest BCUT2D eigenvalue weighted by Crippen LogP contribution is -2.60. The Morgan fingerprint density at radius 3 is 2.31 bits per heavy atom. The number of sulfonamides is 1. The summed E-state index contributed by atoms with van der Waals surface area (Å²) in [5, 5.41) is 3.12. The van der Waals surface area contributed by atoms with Crippen LogP contribution in [0.25, 0.3) is 21.8 Å². The van der Waals surface area contributed by atoms with E-state index in [1.54, 1.807) is 4.72 Å². The summed E-state index contributed by atoms with van der Waals surface area (Å²) in [5.41, 5.74) is -4.89. The standard InChI is InChI=1S/C30H24F7N5O4S3/c31-18-5-2-4-17(30(35,36)37)24(18)49(45,46)42-19-6-1-3-16(21(19)32)22-23(47-26(41-22)29(8-9-29)25(33)34)20-7-10-38-27(40-20)39-15-11-28(12-15)13-48(43,44)14-28/h1-7,10,15,25,42H,8-9,11-14H2,(H,38,39,40). The van der Waals surface area contributed by atoms with Crippen molar-refractivity contribution in [2.75, 3.05) is 21.5 Å². The van der Waals surface area contributed by atoms with Crippen LogP contribution in [-0.2, 0) is 31.5 Å². The molecule has 4 aromatic rings. The Morgan fingerprint density at radius 1 is 0.980 bits per heavy atom. The lowest BCUT2D eigenvalue weighted by Gasteiger charge is -2.53. The molecule has 2 aromatic carbocycles. The molecule has 1 spiro atoms. The van der Waals surface area contributed by atoms with Crippen LogP contribution in [0.3, 0.4) is 0 Å². The van der Waals surface area contributed by atoms with Gasteiger partial charge in [-0.2, -0.15) is 13.2 Å². The lowest BCUT2D eigenvalue weighted by atomic mass is 9.67. The molecule has 0 radical (unpaired) electrons. The summed E-state index contributed by atoms with van der Waals surface area (Å²) in [4.78, 5) is 11.5. The Bertz CT molecular complexity index is 2190. The fraction of sp³-hybridized carbons (Fsp3) is 0.367. The topological polar surface area (TPSA) is 131 Å². The van der Waals surface area contributed by atoms with E-state index >= 15 is 4.39 Å². The van der Waals surface area contributed by atoms with Crippen molar-refractivity contribution in [2.24, 2.45) is 5.41 Å². The quantitative estimate of drug-likeness (QED) is 0.182. The van der Waals surface area contributed by atoms with Crippen LogP contribution in [0.5, 0.6) is 0 Å². The lowest BCUT2D eigenvalue weighted by molar-refractivity contribution is -0.140. The molecule has 260 valence electrons. The first-order valence-electron chi connectivity index (χ1n) is 14.7. The molecule has 1 saturated heterocycles. The van der Waals surface area contributed by atoms with Gasteiger partial charge in [-0.25, -0.2) is 49.3 Å². The number of halogens is 7. The van der Waals surface area contributed by atoms with Gasteiger partial charge >= 0.3 is 6.18 Å². The van der Waals surface area contributed by atoms with Crippen LogP contribution in [0.4, 0.5) is 42.4 Å². The van der Waals surface area contributed by atoms with Crippen LogP contribution in [-0.4, -0.2) is 55.8 Å². The maximum atomic E-state index is 16.2. The molecule has 7 rings (SSSR count). The smallest absolute Gasteiger partial charge is 0.351 e. The number of nitrogens with zero attached hydrogens (tertiary/aromatic N) is 3. The first-order chi connectivity index (χ1) is 22.9. The number of hydrogen-bond donors (Lipinski definition) is 2. The summed E-state index contributed by atoms with van der Waals surface area (Å²) < 4.78 is 151. The van der Waals surface area contributed by atoms with E-state index in [1.165, 1.54) is 24.4 Å². The third-order valence-corrected chi connectivity index (χ3v) is 13.8. The van der Waals surface area contributed by atoms with Gasteiger partial charge in [0.25, 0.3) is 10.0 Å². The fourth-order valence-electron chi connectivity index (χ4n) is 6.50. The summed E-state index contributed by atoms with van der Waals surface area (Å²) in [6.07, 6.45) is -5.29. The first-order valence-corrected chi connectivity index (χ1v) is 18.8. The maximum absolute atomic E-state index is 16.2. The Kier molecular flexibility index (Phi) is 7.79. The predicted octanol–water partition coefficient (Wildman–Crippen LogP) is 6.65. The third kappa shape index (κ3) is 6.02. The second kappa shape index (κ2) is 11.3. The minimum absolute atomic E-state index is 0.0145. The number of thiazole rings is 1. The molecule has 49 heavy (non-hydrogen) atoms. The highest BCUT2D eigenvalue weighted by Gasteiger charge is 2.57. The zero-order valence-electron chi connectivity index (χ0n) is 24.9. The summed E-state index contributed by atoms with van der Waals surface area (Å²) in [6, 6.07) is 6.15. The number of sulfone groups is 1. The first kappa shape index (κ1) is 33.6. The van der Waals surface area contributed by atoms with Crippen LogP contribution in [0.2, 0.25) is 0 Å². The monoisotopic (exact) mass is 747 g/mol. The molecule has 0 amide bonds. The number of benzene rings is 2. The molecule has 1 aliphatic heterocycles. The molecule has 19 heteroatoms. The number of aromatic nitrogens is 3. The van der Waals surface area contributed by atoms with E-state index < -0.39 is 65.7 Å². The summed E-state index contributed by atoms with van der Waals surface area (Å²) in [5.74, 6) is -2.65. The second-order valence-electron chi connectivity index (χ2n) is 12.6. The molecule has 2 saturated carbocycles. The summed E-state index contributed by atoms with van der Waals surface area (Å²) in [6.45, 7) is 0. The molecule has 0 atom stereocenters. The van der Waals surface area contributed by atoms with Crippen LogP contribution in [0.1, 0.15) is 36.3 Å². The van der Waals surface area contributed by atoms with Gasteiger partial charge in [-0.15, -0.1) is 11.3 Å². The van der Waals surface area contributed by atoms with E-state index in [2.05, 4.69) is 20.3 Å². The van der Waals surface area contributed by atoms with Gasteiger partial charge in [0.1, 0.15) is 15.7 Å². The van der Waals surface area contributed by atoms with Crippen LogP contribution >= 0.6 is 11.3 Å². The number of rotatable bonds is 9. The maximum Gasteiger partial charge on any atom is 0.417 e. The summed E-state index contributed by atoms with van der Waals surface area (Å²) >= 11 is 0.840. The molecule has 9 nitrogen and oxygen atoms in total. The zero-order chi connectivity index (χ0) is 35.1. The van der Waals surface area contributed by atoms with E-state index in [9.17, 15) is 43.2 Å². The SMILES string of the molecule is O=S1(=O)CC2(CC(Nc3nccc(-c4sc(C5(C(F)F)CC5)nc4-c4cccc(NS(=O)(=O)c5c(F)cccc5C(F)(F)F)c4F)n3)C2)C1. The molecular formula is C30H24F7N5O4S3. The normalized spacial score (nSPS) is 19.3. The van der Waals surface area contributed by atoms with Gasteiger partial charge in [-0.05, 0) is 56.0 Å². The van der Waals surface area contributed by atoms with Crippen molar-refractivity contribution in [3.63, 3.8) is 0 Å². The van der Waals surface area contributed by atoms with E-state index in [4.69, 9.17) is 0 Å². The molecule has 3 fully saturated rings. The largest absolute Gasteiger partial charge is 0.417 e. The van der Waals surface area contributed by atoms with Gasteiger partial charge < -0.3 is 5.32 Å². The van der Waals surface area contributed by atoms with Crippen molar-refractivity contribution in [1.82, 2.24) is 15.0 Å². The molecule has 2 aliphatic carbocycles. The minimum Gasteiger partial charge on any atom is -0.351 e. The van der Waals surface area contributed by atoms with Gasteiger partial charge in [0, 0.05) is 23.2 Å². The van der Waals surface area contributed by atoms with Crippen molar-refractivity contribution in [3.8, 4) is 21.8 Å². The Hall–Kier alpha value is -3.84. The average Bonchev–Trinajstić information content (AvgIpc) is 3.68. The molecule has 3 heterocycles. The van der Waals surface area contributed by atoms with Gasteiger partial charge in [0.05, 0.1) is 44.4 Å². The van der Waals surface area contributed by atoms with Crippen LogP contribution < -0.4 is 10.0 Å². The molecule has 3 aliphatic rings. The number of alkyl halides is 5. The van der Waals surface area contributed by atoms with Crippen molar-refractivity contribution in [3.05, 3.63) is 70.9 Å². The Labute approximate surface area is 279 Å². The average molecular weight is 748 g/mol. The molecule has 0 bridgehead atoms. The van der Waals surface area contributed by atoms with Gasteiger partial charge in [-0.3, -0.25) is 4.72 Å². The van der Waals surface area contributed by atoms with Crippen molar-refractivity contribution in [2.45, 2.75) is 54.6 Å². The second-order valence-corrected chi connectivity index (χ2v) is 17.3. The van der Waals surface area contributed by atoms with Crippen LogP contribution in [0.15, 0.2) is 53.6 Å². The minimum atomic E-state index is -5.35. The highest BCUT2D eigenvalue weighted by atomic mass is 32.2. The number of hydrogen-bond acceptors (Lipinski definition) is 9. The molecule has 2 aromatic heterocycles. The van der Waals surface area contributed by atoms with Crippen molar-refractivity contribution >= 4 is 42.8 Å². The van der Waals surface area contributed by atoms with E-state index in [0.29, 0.717) is 31.0 Å². The van der Waals surface area contributed by atoms with E-state index in [0.717, 1.165) is 17.4 Å². The predicted molar refractivity (Wildman–Crippen MR) is 165 cm³/mol. The Balaban J connectivity index is 1.25. The Morgan fingerprint density at radius 2 is 1.67 bits per heavy atom. The van der Waals surface area contributed by atoms with Crippen LogP contribution in [0, 0.1) is 17.0 Å². The van der Waals surface area contributed by atoms with Gasteiger partial charge in [0.15, 0.2) is 15.7 Å². The van der Waals surface area contributed by atoms with E-state index in [-0.39, 0.29) is 68.6 Å². The van der Waals surface area contributed by atoms with Gasteiger partial charge in [-0.1, -0.05) is 12.1 Å². The molecular weight excluding hydrogens is 724 g/mol. The highest BCUT2D eigenvalue weighted by Crippen LogP contribution is 2.56. The highest BCUT2D eigenvalue weighted by molar-refractivity contribution is 7.93. The fourth-order valence-corrected chi connectivity index (χ4v) is 11.4. The molecule has 0 unspecified atom stereocenters.